The lowest BCUT2D eigenvalue weighted by atomic mass is 10.2. The molecule has 0 aliphatic carbocycles. The minimum absolute atomic E-state index is 0.0295. The van der Waals surface area contributed by atoms with Gasteiger partial charge in [0, 0.05) is 17.1 Å². The van der Waals surface area contributed by atoms with E-state index < -0.39 is 11.7 Å². The smallest absolute Gasteiger partial charge is 0.272 e. The molecule has 4 rings (SSSR count). The number of nitrogens with one attached hydrogen (secondary N) is 2. The fraction of sp³-hybridized carbons (Fsp3) is 0.125. The van der Waals surface area contributed by atoms with Gasteiger partial charge < -0.3 is 15.0 Å². The summed E-state index contributed by atoms with van der Waals surface area (Å²) in [4.78, 5) is 28.3. The van der Waals surface area contributed by atoms with Gasteiger partial charge in [-0.05, 0) is 68.4 Å². The number of hydrogen-bond acceptors (Lipinski definition) is 4. The van der Waals surface area contributed by atoms with Gasteiger partial charge in [-0.25, -0.2) is 4.39 Å². The third kappa shape index (κ3) is 4.09. The second-order valence-electron chi connectivity index (χ2n) is 7.42. The molecule has 32 heavy (non-hydrogen) atoms. The van der Waals surface area contributed by atoms with Crippen molar-refractivity contribution in [1.29, 1.82) is 5.26 Å². The Morgan fingerprint density at radius 1 is 1.12 bits per heavy atom. The van der Waals surface area contributed by atoms with Crippen LogP contribution in [0.3, 0.4) is 0 Å². The average Bonchev–Trinajstić information content (AvgIpc) is 3.20. The first-order chi connectivity index (χ1) is 15.4. The molecule has 0 unspecified atom stereocenters. The highest BCUT2D eigenvalue weighted by molar-refractivity contribution is 6.05. The number of carbonyl (C=O) groups is 1. The summed E-state index contributed by atoms with van der Waals surface area (Å²) in [6, 6.07) is 17.2. The molecule has 2 aromatic carbocycles. The van der Waals surface area contributed by atoms with Crippen LogP contribution in [0.2, 0.25) is 0 Å². The lowest BCUT2D eigenvalue weighted by Gasteiger charge is -2.11. The largest absolute Gasteiger partial charge is 0.491 e. The van der Waals surface area contributed by atoms with Crippen LogP contribution in [0.15, 0.2) is 65.5 Å². The molecule has 4 aromatic rings. The second-order valence-corrected chi connectivity index (χ2v) is 7.42. The van der Waals surface area contributed by atoms with Gasteiger partial charge in [0.2, 0.25) is 0 Å². The Bertz CT molecular complexity index is 1410. The Morgan fingerprint density at radius 2 is 1.88 bits per heavy atom. The van der Waals surface area contributed by atoms with Gasteiger partial charge in [-0.1, -0.05) is 0 Å². The maximum absolute atomic E-state index is 13.5. The van der Waals surface area contributed by atoms with Crippen molar-refractivity contribution in [3.05, 3.63) is 88.1 Å². The first-order valence-corrected chi connectivity index (χ1v) is 9.88. The zero-order valence-corrected chi connectivity index (χ0v) is 17.3. The number of H-pyrrole nitrogens is 1. The summed E-state index contributed by atoms with van der Waals surface area (Å²) >= 11 is 0. The molecule has 0 saturated heterocycles. The molecule has 0 saturated carbocycles. The number of anilines is 1. The molecule has 160 valence electrons. The van der Waals surface area contributed by atoms with E-state index in [0.29, 0.717) is 22.5 Å². The number of aromatic amines is 1. The van der Waals surface area contributed by atoms with Gasteiger partial charge in [0.1, 0.15) is 29.0 Å². The number of amides is 1. The number of hydrogen-bond donors (Lipinski definition) is 2. The maximum atomic E-state index is 13.5. The number of rotatable bonds is 5. The van der Waals surface area contributed by atoms with Crippen molar-refractivity contribution in [2.45, 2.75) is 20.0 Å². The number of nitrogens with zero attached hydrogens (tertiary/aromatic N) is 2. The van der Waals surface area contributed by atoms with Crippen LogP contribution in [0.5, 0.6) is 5.75 Å². The standard InChI is InChI=1S/C24H19FN4O3/c1-14(2)32-19-7-5-18(6-8-19)29-22(30)10-3-15-12-21(28-23(15)29)24(31)27-17-4-9-20(25)16(11-17)13-26/h3-12,14,28H,1-2H3,(H,27,31). The van der Waals surface area contributed by atoms with Crippen molar-refractivity contribution in [3.63, 3.8) is 0 Å². The van der Waals surface area contributed by atoms with E-state index in [1.165, 1.54) is 22.8 Å². The van der Waals surface area contributed by atoms with E-state index in [0.717, 1.165) is 6.07 Å². The van der Waals surface area contributed by atoms with E-state index in [2.05, 4.69) is 10.3 Å². The van der Waals surface area contributed by atoms with Crippen LogP contribution in [0.25, 0.3) is 16.7 Å². The van der Waals surface area contributed by atoms with E-state index in [1.54, 1.807) is 42.5 Å². The normalized spacial score (nSPS) is 10.8. The molecule has 0 atom stereocenters. The van der Waals surface area contributed by atoms with Crippen LogP contribution in [0.4, 0.5) is 10.1 Å². The summed E-state index contributed by atoms with van der Waals surface area (Å²) in [6.45, 7) is 3.86. The van der Waals surface area contributed by atoms with Crippen LogP contribution in [0.1, 0.15) is 29.9 Å². The summed E-state index contributed by atoms with van der Waals surface area (Å²) in [7, 11) is 0. The third-order valence-corrected chi connectivity index (χ3v) is 4.73. The summed E-state index contributed by atoms with van der Waals surface area (Å²) in [5, 5.41) is 12.3. The molecular weight excluding hydrogens is 411 g/mol. The van der Waals surface area contributed by atoms with Crippen molar-refractivity contribution in [2.75, 3.05) is 5.32 Å². The number of carbonyl (C=O) groups excluding carboxylic acids is 1. The van der Waals surface area contributed by atoms with Crippen molar-refractivity contribution < 1.29 is 13.9 Å². The Balaban J connectivity index is 1.68. The first kappa shape index (κ1) is 20.9. The first-order valence-electron chi connectivity index (χ1n) is 9.88. The van der Waals surface area contributed by atoms with Crippen LogP contribution < -0.4 is 15.6 Å². The molecule has 0 bridgehead atoms. The van der Waals surface area contributed by atoms with Gasteiger partial charge in [-0.15, -0.1) is 0 Å². The van der Waals surface area contributed by atoms with Gasteiger partial charge in [-0.3, -0.25) is 14.2 Å². The quantitative estimate of drug-likeness (QED) is 0.491. The number of fused-ring (bicyclic) bond motifs is 1. The zero-order valence-electron chi connectivity index (χ0n) is 17.3. The van der Waals surface area contributed by atoms with E-state index >= 15 is 0 Å². The van der Waals surface area contributed by atoms with Gasteiger partial charge in [0.25, 0.3) is 11.5 Å². The predicted molar refractivity (Wildman–Crippen MR) is 119 cm³/mol. The summed E-state index contributed by atoms with van der Waals surface area (Å²) < 4.78 is 20.6. The second kappa shape index (κ2) is 8.40. The lowest BCUT2D eigenvalue weighted by molar-refractivity contribution is 0.102. The molecule has 8 heteroatoms. The Hall–Kier alpha value is -4.38. The van der Waals surface area contributed by atoms with Crippen LogP contribution in [-0.4, -0.2) is 21.6 Å². The number of benzene rings is 2. The number of pyridine rings is 1. The molecule has 0 fully saturated rings. The molecule has 0 spiro atoms. The lowest BCUT2D eigenvalue weighted by Crippen LogP contribution is -2.18. The highest BCUT2D eigenvalue weighted by atomic mass is 19.1. The number of halogens is 1. The monoisotopic (exact) mass is 430 g/mol. The summed E-state index contributed by atoms with van der Waals surface area (Å²) in [5.41, 5.74) is 1.13. The molecule has 7 nitrogen and oxygen atoms in total. The Kier molecular flexibility index (Phi) is 5.48. The van der Waals surface area contributed by atoms with Gasteiger partial charge in [-0.2, -0.15) is 5.26 Å². The molecule has 2 heterocycles. The minimum atomic E-state index is -0.662. The van der Waals surface area contributed by atoms with E-state index in [1.807, 2.05) is 13.8 Å². The summed E-state index contributed by atoms with van der Waals surface area (Å²) in [6.07, 6.45) is 0.0295. The fourth-order valence-corrected chi connectivity index (χ4v) is 3.33. The number of aromatic nitrogens is 2. The Labute approximate surface area is 182 Å². The SMILES string of the molecule is CC(C)Oc1ccc(-n2c(=O)ccc3cc(C(=O)Nc4ccc(F)c(C#N)c4)[nH]c32)cc1. The molecular formula is C24H19FN4O3. The van der Waals surface area contributed by atoms with Crippen LogP contribution >= 0.6 is 0 Å². The zero-order chi connectivity index (χ0) is 22.8. The number of nitriles is 1. The molecule has 2 aromatic heterocycles. The molecule has 0 radical (unpaired) electrons. The highest BCUT2D eigenvalue weighted by Gasteiger charge is 2.15. The van der Waals surface area contributed by atoms with Crippen molar-refractivity contribution in [1.82, 2.24) is 9.55 Å². The van der Waals surface area contributed by atoms with Crippen molar-refractivity contribution >= 4 is 22.6 Å². The number of ether oxygens (including phenoxy) is 1. The predicted octanol–water partition coefficient (Wildman–Crippen LogP) is 4.37. The van der Waals surface area contributed by atoms with E-state index in [9.17, 15) is 14.0 Å². The minimum Gasteiger partial charge on any atom is -0.491 e. The molecule has 0 aliphatic rings. The van der Waals surface area contributed by atoms with Crippen LogP contribution in [-0.2, 0) is 0 Å². The molecule has 2 N–H and O–H groups in total. The molecule has 0 aliphatic heterocycles. The Morgan fingerprint density at radius 3 is 2.56 bits per heavy atom. The third-order valence-electron chi connectivity index (χ3n) is 4.73. The summed E-state index contributed by atoms with van der Waals surface area (Å²) in [5.74, 6) is -0.465. The van der Waals surface area contributed by atoms with Gasteiger partial charge in [0.05, 0.1) is 17.4 Å². The van der Waals surface area contributed by atoms with Gasteiger partial charge >= 0.3 is 0 Å². The average molecular weight is 430 g/mol. The highest BCUT2D eigenvalue weighted by Crippen LogP contribution is 2.21. The van der Waals surface area contributed by atoms with E-state index in [-0.39, 0.29) is 28.6 Å². The van der Waals surface area contributed by atoms with E-state index in [4.69, 9.17) is 10.00 Å². The van der Waals surface area contributed by atoms with Gasteiger partial charge in [0.15, 0.2) is 0 Å². The molecule has 1 amide bonds. The maximum Gasteiger partial charge on any atom is 0.272 e. The fourth-order valence-electron chi connectivity index (χ4n) is 3.33. The van der Waals surface area contributed by atoms with Crippen molar-refractivity contribution in [3.8, 4) is 17.5 Å². The van der Waals surface area contributed by atoms with Crippen molar-refractivity contribution in [2.24, 2.45) is 0 Å². The van der Waals surface area contributed by atoms with Crippen LogP contribution in [0, 0.1) is 17.1 Å². The topological polar surface area (TPSA) is 99.9 Å².